The summed E-state index contributed by atoms with van der Waals surface area (Å²) in [6.07, 6.45) is 0. The van der Waals surface area contributed by atoms with Crippen molar-refractivity contribution in [3.8, 4) is 0 Å². The number of anilines is 6. The van der Waals surface area contributed by atoms with Crippen molar-refractivity contribution in [3.63, 3.8) is 0 Å². The fourth-order valence-electron chi connectivity index (χ4n) is 12.1. The zero-order valence-electron chi connectivity index (χ0n) is 43.7. The Morgan fingerprint density at radius 2 is 0.743 bits per heavy atom. The lowest BCUT2D eigenvalue weighted by atomic mass is 9.84. The van der Waals surface area contributed by atoms with E-state index in [-0.39, 0.29) is 16.2 Å². The van der Waals surface area contributed by atoms with Crippen LogP contribution in [0.1, 0.15) is 79.0 Å². The number of pyridine rings is 1. The molecule has 9 aromatic carbocycles. The largest absolute Gasteiger partial charge is 0.308 e. The van der Waals surface area contributed by atoms with Crippen molar-refractivity contribution in [2.45, 2.75) is 78.6 Å². The Labute approximate surface area is 432 Å². The molecule has 5 nitrogen and oxygen atoms in total. The lowest BCUT2D eigenvalue weighted by Crippen LogP contribution is -2.15. The fraction of sp³-hybridized carbons (Fsp3) is 0.174. The Morgan fingerprint density at radius 3 is 1.26 bits per heavy atom. The van der Waals surface area contributed by atoms with Gasteiger partial charge in [0, 0.05) is 65.8 Å². The number of hydrogen-bond acceptors (Lipinski definition) is 3. The maximum Gasteiger partial charge on any atom is 0.146 e. The van der Waals surface area contributed by atoms with E-state index in [0.717, 1.165) is 61.7 Å². The van der Waals surface area contributed by atoms with Gasteiger partial charge in [-0.3, -0.25) is 4.40 Å². The third kappa shape index (κ3) is 6.45. The minimum atomic E-state index is -0.125. The van der Waals surface area contributed by atoms with Crippen LogP contribution >= 0.6 is 0 Å². The first-order valence-corrected chi connectivity index (χ1v) is 26.2. The van der Waals surface area contributed by atoms with Crippen LogP contribution in [0.2, 0.25) is 0 Å². The second kappa shape index (κ2) is 15.6. The lowest BCUT2D eigenvalue weighted by Gasteiger charge is -2.29. The molecule has 5 heteroatoms. The van der Waals surface area contributed by atoms with Gasteiger partial charge in [0.2, 0.25) is 0 Å². The minimum absolute atomic E-state index is 0.119. The summed E-state index contributed by atoms with van der Waals surface area (Å²) in [5, 5.41) is 10.9. The fourth-order valence-corrected chi connectivity index (χ4v) is 12.1. The molecule has 0 amide bonds. The van der Waals surface area contributed by atoms with E-state index in [1.807, 2.05) is 0 Å². The zero-order chi connectivity index (χ0) is 50.6. The quantitative estimate of drug-likeness (QED) is 0.166. The second-order valence-corrected chi connectivity index (χ2v) is 23.7. The van der Waals surface area contributed by atoms with E-state index < -0.39 is 0 Å². The Hall–Kier alpha value is -8.41. The van der Waals surface area contributed by atoms with Gasteiger partial charge >= 0.3 is 0 Å². The van der Waals surface area contributed by atoms with Crippen LogP contribution in [0.4, 0.5) is 34.1 Å². The molecule has 0 saturated heterocycles. The molecule has 74 heavy (non-hydrogen) atoms. The van der Waals surface area contributed by atoms with Crippen LogP contribution in [0.3, 0.4) is 0 Å². The molecule has 360 valence electrons. The summed E-state index contributed by atoms with van der Waals surface area (Å²) in [5.74, 6) is 0. The van der Waals surface area contributed by atoms with E-state index in [9.17, 15) is 0 Å². The van der Waals surface area contributed by atoms with Gasteiger partial charge in [-0.1, -0.05) is 159 Å². The molecule has 14 aromatic rings. The molecule has 0 saturated carbocycles. The number of rotatable bonds is 6. The predicted molar refractivity (Wildman–Crippen MR) is 317 cm³/mol. The molecule has 0 bridgehead atoms. The third-order valence-electron chi connectivity index (χ3n) is 15.9. The monoisotopic (exact) mass is 957 g/mol. The molecule has 0 N–H and O–H groups in total. The van der Waals surface area contributed by atoms with Gasteiger partial charge in [0.15, 0.2) is 0 Å². The van der Waals surface area contributed by atoms with Crippen LogP contribution in [0.25, 0.3) is 87.2 Å². The third-order valence-corrected chi connectivity index (χ3v) is 15.9. The smallest absolute Gasteiger partial charge is 0.146 e. The van der Waals surface area contributed by atoms with Crippen molar-refractivity contribution < 1.29 is 0 Å². The van der Waals surface area contributed by atoms with Gasteiger partial charge < -0.3 is 14.2 Å². The van der Waals surface area contributed by atoms with Crippen molar-refractivity contribution in [2.75, 3.05) is 9.80 Å². The normalized spacial score (nSPS) is 12.9. The summed E-state index contributed by atoms with van der Waals surface area (Å²) in [5.41, 5.74) is 18.1. The van der Waals surface area contributed by atoms with E-state index >= 15 is 0 Å². The highest BCUT2D eigenvalue weighted by molar-refractivity contribution is 6.31. The first kappa shape index (κ1) is 44.3. The minimum Gasteiger partial charge on any atom is -0.308 e. The zero-order valence-corrected chi connectivity index (χ0v) is 43.7. The average Bonchev–Trinajstić information content (AvgIpc) is 4.12. The molecule has 0 aliphatic carbocycles. The maximum absolute atomic E-state index is 6.11. The standard InChI is InChI=1S/C69H59N5/c1-67(2,3)43-35-52-51-34-42-24-22-23-33-50(42)64(72(48-29-18-12-19-30-48)49-31-20-13-21-32-49)65(51)74-61(52)55(37-43)56-41-58-60(70-66(56)74)57-39-44(68(4,5)6)36-53-54-38-45(69(7,8)9)40-59(63(54)73(58)62(53)57)71(46-25-14-10-15-26-46)47-27-16-11-17-28-47/h10-41H,1-9H3. The van der Waals surface area contributed by atoms with E-state index in [1.165, 1.54) is 76.3 Å². The molecular formula is C69H59N5. The molecule has 0 fully saturated rings. The van der Waals surface area contributed by atoms with E-state index in [4.69, 9.17) is 4.98 Å². The summed E-state index contributed by atoms with van der Waals surface area (Å²) >= 11 is 0. The van der Waals surface area contributed by atoms with Gasteiger partial charge in [0.1, 0.15) is 5.65 Å². The highest BCUT2D eigenvalue weighted by atomic mass is 15.2. The summed E-state index contributed by atoms with van der Waals surface area (Å²) < 4.78 is 5.12. The highest BCUT2D eigenvalue weighted by Crippen LogP contribution is 2.53. The maximum atomic E-state index is 6.11. The Kier molecular flexibility index (Phi) is 9.31. The van der Waals surface area contributed by atoms with E-state index in [1.54, 1.807) is 0 Å². The van der Waals surface area contributed by atoms with Crippen LogP contribution in [-0.2, 0) is 16.2 Å². The Balaban J connectivity index is 1.21. The molecular weight excluding hydrogens is 899 g/mol. The number of nitrogens with zero attached hydrogens (tertiary/aromatic N) is 5. The first-order chi connectivity index (χ1) is 35.6. The molecule has 0 aliphatic rings. The van der Waals surface area contributed by atoms with Gasteiger partial charge in [-0.2, -0.15) is 0 Å². The summed E-state index contributed by atoms with van der Waals surface area (Å²) in [4.78, 5) is 11.0. The SMILES string of the molecule is CC(C)(C)c1cc(N(c2ccccc2)c2ccccc2)c2c(c1)c1cc(C(C)(C)C)cc3c4nc5c(cc4n2c13)c1cc(C(C)(C)C)cc2c3cc4ccccc4c(N(c4ccccc4)c4ccccc4)c3n5c12. The molecule has 0 unspecified atom stereocenters. The number of aromatic nitrogens is 3. The van der Waals surface area contributed by atoms with Gasteiger partial charge in [-0.05, 0) is 135 Å². The number of hydrogen-bond donors (Lipinski definition) is 0. The number of para-hydroxylation sites is 4. The molecule has 0 aliphatic heterocycles. The van der Waals surface area contributed by atoms with Crippen LogP contribution < -0.4 is 9.80 Å². The van der Waals surface area contributed by atoms with Crippen molar-refractivity contribution >= 4 is 121 Å². The van der Waals surface area contributed by atoms with Crippen molar-refractivity contribution in [2.24, 2.45) is 0 Å². The molecule has 5 aromatic heterocycles. The Morgan fingerprint density at radius 1 is 0.338 bits per heavy atom. The Bertz CT molecular complexity index is 4430. The lowest BCUT2D eigenvalue weighted by molar-refractivity contribution is 0.591. The number of benzene rings is 9. The van der Waals surface area contributed by atoms with Crippen LogP contribution in [0.15, 0.2) is 194 Å². The molecule has 0 spiro atoms. The van der Waals surface area contributed by atoms with Gasteiger partial charge in [-0.15, -0.1) is 0 Å². The van der Waals surface area contributed by atoms with Gasteiger partial charge in [-0.25, -0.2) is 4.98 Å². The van der Waals surface area contributed by atoms with Crippen molar-refractivity contribution in [1.82, 2.24) is 13.8 Å². The molecule has 5 heterocycles. The number of fused-ring (bicyclic) bond motifs is 13. The van der Waals surface area contributed by atoms with Crippen molar-refractivity contribution in [1.29, 1.82) is 0 Å². The molecule has 0 radical (unpaired) electrons. The van der Waals surface area contributed by atoms with Crippen LogP contribution in [-0.4, -0.2) is 13.8 Å². The second-order valence-electron chi connectivity index (χ2n) is 23.7. The van der Waals surface area contributed by atoms with E-state index in [2.05, 4.69) is 275 Å². The van der Waals surface area contributed by atoms with Crippen LogP contribution in [0.5, 0.6) is 0 Å². The average molecular weight is 958 g/mol. The van der Waals surface area contributed by atoms with E-state index in [0.29, 0.717) is 0 Å². The topological polar surface area (TPSA) is 28.2 Å². The van der Waals surface area contributed by atoms with Crippen LogP contribution in [0, 0.1) is 0 Å². The summed E-state index contributed by atoms with van der Waals surface area (Å²) in [6, 6.07) is 72.2. The molecule has 14 rings (SSSR count). The van der Waals surface area contributed by atoms with Crippen molar-refractivity contribution in [3.05, 3.63) is 211 Å². The predicted octanol–water partition coefficient (Wildman–Crippen LogP) is 19.4. The first-order valence-electron chi connectivity index (χ1n) is 26.2. The van der Waals surface area contributed by atoms with Gasteiger partial charge in [0.25, 0.3) is 0 Å². The highest BCUT2D eigenvalue weighted by Gasteiger charge is 2.32. The molecule has 0 atom stereocenters. The summed E-state index contributed by atoms with van der Waals surface area (Å²) in [6.45, 7) is 21.1. The van der Waals surface area contributed by atoms with Gasteiger partial charge in [0.05, 0.1) is 44.5 Å². The summed E-state index contributed by atoms with van der Waals surface area (Å²) in [7, 11) is 0.